The molecule has 31 heavy (non-hydrogen) atoms. The molecule has 180 valence electrons. The van der Waals surface area contributed by atoms with E-state index in [2.05, 4.69) is 68.4 Å². The Balaban J connectivity index is 0. The van der Waals surface area contributed by atoms with Gasteiger partial charge in [-0.15, -0.1) is 35.9 Å². The number of nitrogens with two attached hydrogens (primary N) is 1. The van der Waals surface area contributed by atoms with Crippen molar-refractivity contribution in [1.82, 2.24) is 0 Å². The van der Waals surface area contributed by atoms with Crippen molar-refractivity contribution >= 4 is 24.3 Å². The van der Waals surface area contributed by atoms with Crippen molar-refractivity contribution in [3.05, 3.63) is 54.6 Å². The first kappa shape index (κ1) is 32.5. The maximum Gasteiger partial charge on any atom is 0.0703 e. The Hall–Kier alpha value is -0.718. The molecule has 0 fully saturated rings. The molecule has 0 saturated carbocycles. The molecule has 0 aromatic heterocycles. The molecule has 3 nitrogen and oxygen atoms in total. The summed E-state index contributed by atoms with van der Waals surface area (Å²) in [4.78, 5) is 0. The molecule has 0 aliphatic rings. The zero-order chi connectivity index (χ0) is 23.8. The monoisotopic (exact) mass is 556 g/mol. The fourth-order valence-corrected chi connectivity index (χ4v) is 11.4. The number of rotatable bonds is 1. The van der Waals surface area contributed by atoms with Crippen LogP contribution < -0.4 is 5.73 Å². The quantitative estimate of drug-likeness (QED) is 0.132. The van der Waals surface area contributed by atoms with Crippen LogP contribution in [0.3, 0.4) is 0 Å². The Bertz CT molecular complexity index is 792. The van der Waals surface area contributed by atoms with E-state index < -0.39 is 18.6 Å². The molecule has 2 rings (SSSR count). The van der Waals surface area contributed by atoms with Crippen LogP contribution in [0.4, 0.5) is 5.69 Å². The van der Waals surface area contributed by atoms with Gasteiger partial charge in [0.05, 0.1) is 15.5 Å². The Kier molecular flexibility index (Phi) is 14.4. The number of hydrogen-bond acceptors (Lipinski definition) is 4. The minimum absolute atomic E-state index is 0. The van der Waals surface area contributed by atoms with Gasteiger partial charge in [0.15, 0.2) is 0 Å². The van der Waals surface area contributed by atoms with E-state index in [-0.39, 0.29) is 20.4 Å². The maximum atomic E-state index is 9.00. The van der Waals surface area contributed by atoms with E-state index >= 15 is 0 Å². The van der Waals surface area contributed by atoms with Crippen molar-refractivity contribution in [2.24, 2.45) is 0 Å². The Morgan fingerprint density at radius 3 is 1.45 bits per heavy atom. The van der Waals surface area contributed by atoms with Crippen molar-refractivity contribution in [3.63, 3.8) is 0 Å². The molecular formula is C25H41NO2PPdS-. The third-order valence-corrected chi connectivity index (χ3v) is 8.71. The summed E-state index contributed by atoms with van der Waals surface area (Å²) in [6, 6.07) is 18.8. The normalized spacial score (nSPS) is 11.6. The van der Waals surface area contributed by atoms with Gasteiger partial charge in [-0.05, 0) is 74.1 Å². The summed E-state index contributed by atoms with van der Waals surface area (Å²) in [6.45, 7) is 21.6. The van der Waals surface area contributed by atoms with Gasteiger partial charge < -0.3 is 14.2 Å². The summed E-state index contributed by atoms with van der Waals surface area (Å²) in [5.74, 6) is 0. The minimum Gasteiger partial charge on any atom is -0.424 e. The van der Waals surface area contributed by atoms with Crippen LogP contribution in [-0.2, 0) is 39.5 Å². The van der Waals surface area contributed by atoms with Gasteiger partial charge in [-0.25, -0.2) is 0 Å². The third kappa shape index (κ3) is 13.4. The van der Waals surface area contributed by atoms with Gasteiger partial charge in [0.2, 0.25) is 0 Å². The second-order valence-corrected chi connectivity index (χ2v) is 16.4. The van der Waals surface area contributed by atoms with E-state index in [1.54, 1.807) is 0 Å². The molecule has 0 heterocycles. The Labute approximate surface area is 208 Å². The maximum absolute atomic E-state index is 9.00. The molecule has 0 amide bonds. The molecule has 0 aliphatic heterocycles. The summed E-state index contributed by atoms with van der Waals surface area (Å²) >= 11 is 0. The van der Waals surface area contributed by atoms with Gasteiger partial charge in [0.1, 0.15) is 0 Å². The van der Waals surface area contributed by atoms with E-state index in [1.165, 1.54) is 0 Å². The van der Waals surface area contributed by atoms with Crippen molar-refractivity contribution in [1.29, 1.82) is 0 Å². The number of benzene rings is 2. The number of hydrogen-bond donors (Lipinski definition) is 1. The van der Waals surface area contributed by atoms with Gasteiger partial charge in [0.25, 0.3) is 0 Å². The molecule has 0 saturated heterocycles. The molecule has 0 bridgehead atoms. The molecule has 0 atom stereocenters. The molecular weight excluding hydrogens is 516 g/mol. The molecule has 2 aromatic rings. The van der Waals surface area contributed by atoms with Gasteiger partial charge in [0, 0.05) is 28.3 Å². The van der Waals surface area contributed by atoms with Crippen LogP contribution >= 0.6 is 7.92 Å². The summed E-state index contributed by atoms with van der Waals surface area (Å²) < 4.78 is 18.0. The summed E-state index contributed by atoms with van der Waals surface area (Å²) in [6.07, 6.45) is 1.08. The van der Waals surface area contributed by atoms with Gasteiger partial charge >= 0.3 is 0 Å². The molecule has 0 aliphatic carbocycles. The van der Waals surface area contributed by atoms with Crippen LogP contribution in [0, 0.1) is 6.07 Å². The first-order valence-corrected chi connectivity index (χ1v) is 13.2. The fraction of sp³-hybridized carbons (Fsp3) is 0.520. The third-order valence-electron chi connectivity index (χ3n) is 4.21. The van der Waals surface area contributed by atoms with Crippen molar-refractivity contribution in [3.8, 4) is 11.1 Å². The average Bonchev–Trinajstić information content (AvgIpc) is 2.51. The molecule has 2 N–H and O–H groups in total. The van der Waals surface area contributed by atoms with Crippen molar-refractivity contribution in [2.75, 3.05) is 12.0 Å². The largest absolute Gasteiger partial charge is 0.424 e. The number of nitrogen functional groups attached to an aromatic ring is 1. The first-order chi connectivity index (χ1) is 13.5. The summed E-state index contributed by atoms with van der Waals surface area (Å²) in [5, 5.41) is 1.46. The van der Waals surface area contributed by atoms with Gasteiger partial charge in [-0.1, -0.05) is 40.7 Å². The summed E-state index contributed by atoms with van der Waals surface area (Å²) in [7, 11) is -2.25. The van der Waals surface area contributed by atoms with E-state index in [4.69, 9.17) is 14.2 Å². The van der Waals surface area contributed by atoms with Crippen molar-refractivity contribution < 1.29 is 28.8 Å². The Morgan fingerprint density at radius 2 is 1.16 bits per heavy atom. The first-order valence-electron chi connectivity index (χ1n) is 10.2. The van der Waals surface area contributed by atoms with Crippen LogP contribution in [0.15, 0.2) is 48.5 Å². The average molecular weight is 557 g/mol. The molecule has 0 radical (unpaired) electrons. The van der Waals surface area contributed by atoms with E-state index in [0.717, 1.165) is 23.1 Å². The van der Waals surface area contributed by atoms with Crippen LogP contribution in [0.5, 0.6) is 0 Å². The number of anilines is 1. The summed E-state index contributed by atoms with van der Waals surface area (Å²) in [5.41, 5.74) is 8.72. The fourth-order valence-electron chi connectivity index (χ4n) is 4.68. The topological polar surface area (TPSA) is 60.2 Å². The van der Waals surface area contributed by atoms with E-state index in [9.17, 15) is 0 Å². The van der Waals surface area contributed by atoms with Gasteiger partial charge in [-0.2, -0.15) is 0 Å². The molecule has 0 spiro atoms. The van der Waals surface area contributed by atoms with Crippen LogP contribution in [-0.4, -0.2) is 21.7 Å². The molecule has 2 aromatic carbocycles. The smallest absolute Gasteiger partial charge is 0.0703 e. The van der Waals surface area contributed by atoms with Crippen molar-refractivity contribution in [2.45, 2.75) is 77.8 Å². The van der Waals surface area contributed by atoms with Crippen LogP contribution in [0.1, 0.15) is 62.3 Å². The zero-order valence-electron chi connectivity index (χ0n) is 20.7. The molecule has 0 unspecified atom stereocenters. The van der Waals surface area contributed by atoms with Crippen LogP contribution in [0.25, 0.3) is 11.1 Å². The minimum atomic E-state index is -1.86. The van der Waals surface area contributed by atoms with Crippen LogP contribution in [0.2, 0.25) is 0 Å². The molecule has 6 heteroatoms. The number of para-hydroxylation sites is 1. The van der Waals surface area contributed by atoms with Gasteiger partial charge in [-0.3, -0.25) is 0 Å². The zero-order valence-corrected chi connectivity index (χ0v) is 24.1. The SMILES string of the molecule is CC(C)(C)[PH+](C(C)(C)C)C(C)(C)C.C[S-](=O)=O.Nc1ccccc1-c1[c-]cccc1.[Pd]. The second-order valence-electron chi connectivity index (χ2n) is 10.4. The van der Waals surface area contributed by atoms with E-state index in [1.807, 2.05) is 48.5 Å². The predicted molar refractivity (Wildman–Crippen MR) is 137 cm³/mol. The Morgan fingerprint density at radius 1 is 0.774 bits per heavy atom. The second kappa shape index (κ2) is 13.7. The standard InChI is InChI=1S/C12H10N.C12H27P.CH3O2S.Pd/c13-12-9-5-4-8-11(12)10-6-2-1-3-7-10;1-10(2,3)13(11(4,5)6)12(7,8)9;1-4(2)3;/h1-6,8-9H,13H2;1-9H3;1H3;/q-1;;-1;/p+1. The van der Waals surface area contributed by atoms with E-state index in [0.29, 0.717) is 15.5 Å². The predicted octanol–water partition coefficient (Wildman–Crippen LogP) is 7.26.